The third kappa shape index (κ3) is 4.19. The number of aromatic nitrogens is 5. The predicted molar refractivity (Wildman–Crippen MR) is 120 cm³/mol. The Bertz CT molecular complexity index is 1190. The van der Waals surface area contributed by atoms with Gasteiger partial charge in [-0.1, -0.05) is 17.4 Å². The second kappa shape index (κ2) is 8.25. The molecule has 9 nitrogen and oxygen atoms in total. The lowest BCUT2D eigenvalue weighted by molar-refractivity contribution is 0.103. The van der Waals surface area contributed by atoms with Gasteiger partial charge in [0.25, 0.3) is 5.91 Å². The lowest BCUT2D eigenvalue weighted by Crippen LogP contribution is -2.18. The topological polar surface area (TPSA) is 104 Å². The minimum absolute atomic E-state index is 0.203. The molecule has 0 aliphatic carbocycles. The molecule has 0 bridgehead atoms. The molecule has 3 N–H and O–H groups in total. The summed E-state index contributed by atoms with van der Waals surface area (Å²) < 4.78 is 1.91. The number of nitrogens with one attached hydrogen (secondary N) is 3. The summed E-state index contributed by atoms with van der Waals surface area (Å²) in [6, 6.07) is 3.90. The predicted octanol–water partition coefficient (Wildman–Crippen LogP) is 3.39. The molecular weight excluding hydrogens is 400 g/mol. The number of carbonyl (C=O) groups excluding carboxylic acids is 1. The van der Waals surface area contributed by atoms with E-state index in [-0.39, 0.29) is 5.91 Å². The molecule has 156 valence electrons. The van der Waals surface area contributed by atoms with E-state index in [9.17, 15) is 4.79 Å². The number of aryl methyl sites for hydroxylation is 2. The van der Waals surface area contributed by atoms with Crippen LogP contribution in [0.15, 0.2) is 30.7 Å². The van der Waals surface area contributed by atoms with Gasteiger partial charge in [-0.2, -0.15) is 10.2 Å². The average Bonchev–Trinajstić information content (AvgIpc) is 3.43. The molecule has 4 rings (SSSR count). The Morgan fingerprint density at radius 3 is 2.87 bits per heavy atom. The van der Waals surface area contributed by atoms with E-state index in [4.69, 9.17) is 0 Å². The molecule has 0 fully saturated rings. The molecule has 10 heteroatoms. The summed E-state index contributed by atoms with van der Waals surface area (Å²) in [5.41, 5.74) is 3.63. The van der Waals surface area contributed by atoms with Gasteiger partial charge in [0.15, 0.2) is 10.9 Å². The normalized spacial score (nSPS) is 11.4. The SMILES string of the molecule is Cc1cn(CCN(C)C)nc1Nc1ncc(C(=O)Nc2c(C)ccc3[nH]ncc23)s1. The summed E-state index contributed by atoms with van der Waals surface area (Å²) in [4.78, 5) is 19.8. The van der Waals surface area contributed by atoms with Crippen LogP contribution in [-0.4, -0.2) is 56.4 Å². The van der Waals surface area contributed by atoms with E-state index < -0.39 is 0 Å². The molecule has 4 aromatic rings. The highest BCUT2D eigenvalue weighted by molar-refractivity contribution is 7.17. The minimum Gasteiger partial charge on any atom is -0.320 e. The Hall–Kier alpha value is -3.24. The van der Waals surface area contributed by atoms with Crippen LogP contribution >= 0.6 is 11.3 Å². The summed E-state index contributed by atoms with van der Waals surface area (Å²) >= 11 is 1.29. The molecule has 3 heterocycles. The lowest BCUT2D eigenvalue weighted by atomic mass is 10.1. The number of carbonyl (C=O) groups is 1. The van der Waals surface area contributed by atoms with Crippen molar-refractivity contribution in [2.24, 2.45) is 0 Å². The first-order valence-electron chi connectivity index (χ1n) is 9.56. The van der Waals surface area contributed by atoms with E-state index in [0.29, 0.717) is 10.0 Å². The highest BCUT2D eigenvalue weighted by Gasteiger charge is 2.16. The van der Waals surface area contributed by atoms with Crippen molar-refractivity contribution in [2.45, 2.75) is 20.4 Å². The van der Waals surface area contributed by atoms with Gasteiger partial charge in [-0.15, -0.1) is 0 Å². The van der Waals surface area contributed by atoms with Crippen molar-refractivity contribution < 1.29 is 4.79 Å². The van der Waals surface area contributed by atoms with Gasteiger partial charge in [0.05, 0.1) is 30.1 Å². The molecule has 0 saturated carbocycles. The average molecular weight is 425 g/mol. The van der Waals surface area contributed by atoms with Gasteiger partial charge in [0, 0.05) is 23.7 Å². The maximum atomic E-state index is 12.8. The molecule has 0 atom stereocenters. The number of anilines is 3. The molecule has 0 radical (unpaired) electrons. The van der Waals surface area contributed by atoms with Crippen LogP contribution < -0.4 is 10.6 Å². The highest BCUT2D eigenvalue weighted by Crippen LogP contribution is 2.28. The molecule has 1 aromatic carbocycles. The molecule has 0 aliphatic rings. The summed E-state index contributed by atoms with van der Waals surface area (Å²) in [5, 5.41) is 19.3. The summed E-state index contributed by atoms with van der Waals surface area (Å²) in [6.45, 7) is 5.67. The van der Waals surface area contributed by atoms with E-state index in [1.807, 2.05) is 51.0 Å². The number of hydrogen-bond acceptors (Lipinski definition) is 7. The summed E-state index contributed by atoms with van der Waals surface area (Å²) in [6.07, 6.45) is 5.29. The third-order valence-electron chi connectivity index (χ3n) is 4.75. The van der Waals surface area contributed by atoms with E-state index in [2.05, 4.69) is 35.8 Å². The molecule has 0 spiro atoms. The van der Waals surface area contributed by atoms with E-state index in [1.165, 1.54) is 11.3 Å². The monoisotopic (exact) mass is 424 g/mol. The number of amides is 1. The Labute approximate surface area is 178 Å². The molecule has 0 saturated heterocycles. The van der Waals surface area contributed by atoms with Crippen LogP contribution in [0.4, 0.5) is 16.6 Å². The number of likely N-dealkylation sites (N-methyl/N-ethyl adjacent to an activating group) is 1. The van der Waals surface area contributed by atoms with Gasteiger partial charge in [-0.3, -0.25) is 14.6 Å². The van der Waals surface area contributed by atoms with Crippen LogP contribution in [0.1, 0.15) is 20.8 Å². The molecule has 0 aliphatic heterocycles. The van der Waals surface area contributed by atoms with Gasteiger partial charge in [0.1, 0.15) is 4.88 Å². The van der Waals surface area contributed by atoms with Crippen molar-refractivity contribution in [2.75, 3.05) is 31.3 Å². The maximum Gasteiger partial charge on any atom is 0.267 e. The molecule has 3 aromatic heterocycles. The second-order valence-electron chi connectivity index (χ2n) is 7.42. The van der Waals surface area contributed by atoms with E-state index in [0.717, 1.165) is 46.6 Å². The van der Waals surface area contributed by atoms with Gasteiger partial charge >= 0.3 is 0 Å². The van der Waals surface area contributed by atoms with Crippen LogP contribution in [0, 0.1) is 13.8 Å². The zero-order valence-electron chi connectivity index (χ0n) is 17.4. The fraction of sp³-hybridized carbons (Fsp3) is 0.300. The molecular formula is C20H24N8OS. The van der Waals surface area contributed by atoms with Crippen molar-refractivity contribution in [3.63, 3.8) is 0 Å². The van der Waals surface area contributed by atoms with Crippen molar-refractivity contribution in [1.29, 1.82) is 0 Å². The standard InChI is InChI=1S/C20H24N8OS/c1-12-5-6-15-14(9-22-25-15)17(12)23-19(29)16-10-21-20(30-16)24-18-13(2)11-28(26-18)8-7-27(3)4/h5-6,9-11H,7-8H2,1-4H3,(H,22,25)(H,23,29)(H,21,24,26). The fourth-order valence-electron chi connectivity index (χ4n) is 3.07. The van der Waals surface area contributed by atoms with Crippen LogP contribution in [0.5, 0.6) is 0 Å². The van der Waals surface area contributed by atoms with E-state index >= 15 is 0 Å². The molecule has 30 heavy (non-hydrogen) atoms. The number of thiazole rings is 1. The van der Waals surface area contributed by atoms with Gasteiger partial charge in [-0.05, 0) is 39.6 Å². The fourth-order valence-corrected chi connectivity index (χ4v) is 3.78. The van der Waals surface area contributed by atoms with Crippen molar-refractivity contribution in [1.82, 2.24) is 29.9 Å². The number of H-pyrrole nitrogens is 1. The summed E-state index contributed by atoms with van der Waals surface area (Å²) in [5.74, 6) is 0.541. The lowest BCUT2D eigenvalue weighted by Gasteiger charge is -2.08. The van der Waals surface area contributed by atoms with Crippen molar-refractivity contribution in [3.05, 3.63) is 46.7 Å². The Morgan fingerprint density at radius 2 is 2.07 bits per heavy atom. The van der Waals surface area contributed by atoms with Gasteiger partial charge < -0.3 is 15.5 Å². The van der Waals surface area contributed by atoms with Crippen molar-refractivity contribution in [3.8, 4) is 0 Å². The number of hydrogen-bond donors (Lipinski definition) is 3. The highest BCUT2D eigenvalue weighted by atomic mass is 32.1. The Kier molecular flexibility index (Phi) is 5.51. The van der Waals surface area contributed by atoms with E-state index in [1.54, 1.807) is 12.4 Å². The Morgan fingerprint density at radius 1 is 1.23 bits per heavy atom. The first-order chi connectivity index (χ1) is 14.4. The summed E-state index contributed by atoms with van der Waals surface area (Å²) in [7, 11) is 4.07. The molecule has 1 amide bonds. The first kappa shape index (κ1) is 20.0. The van der Waals surface area contributed by atoms with Crippen molar-refractivity contribution >= 4 is 44.8 Å². The van der Waals surface area contributed by atoms with Crippen LogP contribution in [0.25, 0.3) is 10.9 Å². The number of rotatable bonds is 7. The maximum absolute atomic E-state index is 12.8. The zero-order chi connectivity index (χ0) is 21.3. The quantitative estimate of drug-likeness (QED) is 0.420. The second-order valence-corrected chi connectivity index (χ2v) is 8.46. The first-order valence-corrected chi connectivity index (χ1v) is 10.4. The Balaban J connectivity index is 1.47. The number of nitrogens with zero attached hydrogens (tertiary/aromatic N) is 5. The van der Waals surface area contributed by atoms with Crippen LogP contribution in [0.3, 0.4) is 0 Å². The molecule has 0 unspecified atom stereocenters. The van der Waals surface area contributed by atoms with Crippen LogP contribution in [0.2, 0.25) is 0 Å². The number of fused-ring (bicyclic) bond motifs is 1. The largest absolute Gasteiger partial charge is 0.320 e. The van der Waals surface area contributed by atoms with Gasteiger partial charge in [-0.25, -0.2) is 4.98 Å². The number of aromatic amines is 1. The smallest absolute Gasteiger partial charge is 0.267 e. The third-order valence-corrected chi connectivity index (χ3v) is 5.66. The zero-order valence-corrected chi connectivity index (χ0v) is 18.2. The number of benzene rings is 1. The minimum atomic E-state index is -0.203. The van der Waals surface area contributed by atoms with Gasteiger partial charge in [0.2, 0.25) is 0 Å². The van der Waals surface area contributed by atoms with Crippen LogP contribution in [-0.2, 0) is 6.54 Å².